The Balaban J connectivity index is 1.98. The summed E-state index contributed by atoms with van der Waals surface area (Å²) in [5, 5.41) is 5.23. The number of nitrogens with zero attached hydrogens (tertiary/aromatic N) is 3. The van der Waals surface area contributed by atoms with Gasteiger partial charge in [0.2, 0.25) is 0 Å². The third-order valence-electron chi connectivity index (χ3n) is 3.24. The van der Waals surface area contributed by atoms with E-state index in [-0.39, 0.29) is 5.69 Å². The van der Waals surface area contributed by atoms with E-state index in [1.807, 2.05) is 30.3 Å². The van der Waals surface area contributed by atoms with Crippen LogP contribution >= 0.6 is 0 Å². The third-order valence-corrected chi connectivity index (χ3v) is 3.24. The Morgan fingerprint density at radius 3 is 2.95 bits per heavy atom. The van der Waals surface area contributed by atoms with Gasteiger partial charge in [-0.1, -0.05) is 18.2 Å². The van der Waals surface area contributed by atoms with Gasteiger partial charge in [-0.15, -0.1) is 0 Å². The van der Waals surface area contributed by atoms with Gasteiger partial charge < -0.3 is 10.5 Å². The molecule has 0 saturated heterocycles. The lowest BCUT2D eigenvalue weighted by Gasteiger charge is -2.05. The van der Waals surface area contributed by atoms with Gasteiger partial charge in [0.1, 0.15) is 0 Å². The summed E-state index contributed by atoms with van der Waals surface area (Å²) in [5.41, 5.74) is 8.20. The van der Waals surface area contributed by atoms with Crippen LogP contribution in [0, 0.1) is 0 Å². The summed E-state index contributed by atoms with van der Waals surface area (Å²) >= 11 is 0. The van der Waals surface area contributed by atoms with Gasteiger partial charge in [-0.2, -0.15) is 5.10 Å². The van der Waals surface area contributed by atoms with Crippen LogP contribution in [0.15, 0.2) is 42.7 Å². The number of esters is 1. The molecule has 0 fully saturated rings. The molecule has 1 aromatic carbocycles. The van der Waals surface area contributed by atoms with Crippen LogP contribution in [-0.4, -0.2) is 27.8 Å². The molecule has 6 heteroatoms. The van der Waals surface area contributed by atoms with Gasteiger partial charge in [0.25, 0.3) is 0 Å². The molecular formula is C15H14N4O2. The van der Waals surface area contributed by atoms with Gasteiger partial charge in [0, 0.05) is 17.8 Å². The maximum atomic E-state index is 11.5. The molecule has 0 unspecified atom stereocenters. The van der Waals surface area contributed by atoms with Crippen molar-refractivity contribution in [3.63, 3.8) is 0 Å². The number of rotatable bonds is 3. The highest BCUT2D eigenvalue weighted by Gasteiger charge is 2.15. The minimum Gasteiger partial charge on any atom is -0.464 e. The topological polar surface area (TPSA) is 83.0 Å². The Hall–Kier alpha value is -2.89. The monoisotopic (exact) mass is 282 g/mol. The smallest absolute Gasteiger partial charge is 0.360 e. The molecule has 0 spiro atoms. The second kappa shape index (κ2) is 5.24. The number of fused-ring (bicyclic) bond motifs is 1. The van der Waals surface area contributed by atoms with Crippen molar-refractivity contribution in [3.05, 3.63) is 54.0 Å². The number of hydrogen-bond acceptors (Lipinski definition) is 5. The first-order chi connectivity index (χ1) is 10.2. The molecule has 21 heavy (non-hydrogen) atoms. The lowest BCUT2D eigenvalue weighted by atomic mass is 10.1. The average Bonchev–Trinajstić information content (AvgIpc) is 2.87. The average molecular weight is 282 g/mol. The van der Waals surface area contributed by atoms with Gasteiger partial charge in [-0.05, 0) is 17.7 Å². The number of carbonyl (C=O) groups is 1. The fraction of sp³-hybridized carbons (Fsp3) is 0.133. The summed E-state index contributed by atoms with van der Waals surface area (Å²) in [6, 6.07) is 9.80. The highest BCUT2D eigenvalue weighted by atomic mass is 16.5. The Labute approximate surface area is 121 Å². The van der Waals surface area contributed by atoms with Crippen LogP contribution in [0.3, 0.4) is 0 Å². The van der Waals surface area contributed by atoms with Crippen LogP contribution in [0.2, 0.25) is 0 Å². The molecule has 0 saturated carbocycles. The predicted octanol–water partition coefficient (Wildman–Crippen LogP) is 1.85. The summed E-state index contributed by atoms with van der Waals surface area (Å²) < 4.78 is 6.27. The first kappa shape index (κ1) is 13.1. The maximum Gasteiger partial charge on any atom is 0.360 e. The first-order valence-corrected chi connectivity index (χ1v) is 6.43. The zero-order valence-corrected chi connectivity index (χ0v) is 11.5. The quantitative estimate of drug-likeness (QED) is 0.741. The second-order valence-corrected chi connectivity index (χ2v) is 4.61. The SMILES string of the molecule is COC(=O)c1nn(Cc2ccnc3ccccc23)cc1N. The molecular weight excluding hydrogens is 268 g/mol. The standard InChI is InChI=1S/C15H14N4O2/c1-21-15(20)14-12(16)9-19(18-14)8-10-6-7-17-13-5-3-2-4-11(10)13/h2-7,9H,8,16H2,1H3. The van der Waals surface area contributed by atoms with E-state index in [0.717, 1.165) is 16.5 Å². The van der Waals surface area contributed by atoms with Crippen LogP contribution in [0.5, 0.6) is 0 Å². The number of carbonyl (C=O) groups excluding carboxylic acids is 1. The number of benzene rings is 1. The molecule has 0 atom stereocenters. The highest BCUT2D eigenvalue weighted by Crippen LogP contribution is 2.18. The fourth-order valence-electron chi connectivity index (χ4n) is 2.24. The van der Waals surface area contributed by atoms with E-state index in [0.29, 0.717) is 12.2 Å². The normalized spacial score (nSPS) is 10.7. The van der Waals surface area contributed by atoms with Gasteiger partial charge in [-0.3, -0.25) is 9.67 Å². The van der Waals surface area contributed by atoms with Crippen molar-refractivity contribution in [2.24, 2.45) is 0 Å². The lowest BCUT2D eigenvalue weighted by molar-refractivity contribution is 0.0594. The fourth-order valence-corrected chi connectivity index (χ4v) is 2.24. The van der Waals surface area contributed by atoms with E-state index in [1.54, 1.807) is 17.1 Å². The zero-order valence-electron chi connectivity index (χ0n) is 11.5. The molecule has 0 bridgehead atoms. The Morgan fingerprint density at radius 1 is 1.33 bits per heavy atom. The highest BCUT2D eigenvalue weighted by molar-refractivity contribution is 5.92. The van der Waals surface area contributed by atoms with Gasteiger partial charge in [0.05, 0.1) is 24.9 Å². The van der Waals surface area contributed by atoms with E-state index in [9.17, 15) is 4.79 Å². The first-order valence-electron chi connectivity index (χ1n) is 6.43. The van der Waals surface area contributed by atoms with Crippen LogP contribution < -0.4 is 5.73 Å². The van der Waals surface area contributed by atoms with Crippen LogP contribution in [0.4, 0.5) is 5.69 Å². The predicted molar refractivity (Wildman–Crippen MR) is 78.8 cm³/mol. The number of methoxy groups -OCH3 is 1. The number of nitrogen functional groups attached to an aromatic ring is 1. The number of pyridine rings is 1. The van der Waals surface area contributed by atoms with E-state index in [2.05, 4.69) is 14.8 Å². The van der Waals surface area contributed by atoms with E-state index in [1.165, 1.54) is 7.11 Å². The molecule has 3 aromatic rings. The van der Waals surface area contributed by atoms with Crippen LogP contribution in [0.25, 0.3) is 10.9 Å². The molecule has 2 heterocycles. The largest absolute Gasteiger partial charge is 0.464 e. The van der Waals surface area contributed by atoms with Gasteiger partial charge in [-0.25, -0.2) is 4.79 Å². The molecule has 0 aliphatic rings. The molecule has 0 amide bonds. The lowest BCUT2D eigenvalue weighted by Crippen LogP contribution is -2.07. The van der Waals surface area contributed by atoms with Crippen LogP contribution in [-0.2, 0) is 11.3 Å². The van der Waals surface area contributed by atoms with Crippen molar-refractivity contribution in [3.8, 4) is 0 Å². The summed E-state index contributed by atoms with van der Waals surface area (Å²) in [5.74, 6) is -0.536. The summed E-state index contributed by atoms with van der Waals surface area (Å²) in [7, 11) is 1.30. The van der Waals surface area contributed by atoms with Crippen molar-refractivity contribution < 1.29 is 9.53 Å². The molecule has 3 rings (SSSR count). The Bertz CT molecular complexity index is 805. The second-order valence-electron chi connectivity index (χ2n) is 4.61. The third kappa shape index (κ3) is 2.43. The molecule has 2 N–H and O–H groups in total. The van der Waals surface area contributed by atoms with Crippen molar-refractivity contribution >= 4 is 22.6 Å². The van der Waals surface area contributed by atoms with Crippen molar-refractivity contribution in [1.82, 2.24) is 14.8 Å². The summed E-state index contributed by atoms with van der Waals surface area (Å²) in [6.45, 7) is 0.504. The molecule has 2 aromatic heterocycles. The number of para-hydroxylation sites is 1. The summed E-state index contributed by atoms with van der Waals surface area (Å²) in [6.07, 6.45) is 3.38. The maximum absolute atomic E-state index is 11.5. The number of nitrogens with two attached hydrogens (primary N) is 1. The van der Waals surface area contributed by atoms with Crippen molar-refractivity contribution in [2.75, 3.05) is 12.8 Å². The Kier molecular flexibility index (Phi) is 3.27. The van der Waals surface area contributed by atoms with Crippen molar-refractivity contribution in [1.29, 1.82) is 0 Å². The number of ether oxygens (including phenoxy) is 1. The minimum atomic E-state index is -0.536. The van der Waals surface area contributed by atoms with Crippen molar-refractivity contribution in [2.45, 2.75) is 6.54 Å². The summed E-state index contributed by atoms with van der Waals surface area (Å²) in [4.78, 5) is 15.8. The van der Waals surface area contributed by atoms with E-state index < -0.39 is 5.97 Å². The Morgan fingerprint density at radius 2 is 2.14 bits per heavy atom. The number of aromatic nitrogens is 3. The molecule has 6 nitrogen and oxygen atoms in total. The number of anilines is 1. The van der Waals surface area contributed by atoms with E-state index >= 15 is 0 Å². The molecule has 106 valence electrons. The minimum absolute atomic E-state index is 0.135. The van der Waals surface area contributed by atoms with Gasteiger partial charge in [0.15, 0.2) is 5.69 Å². The molecule has 0 radical (unpaired) electrons. The molecule has 0 aliphatic heterocycles. The van der Waals surface area contributed by atoms with E-state index in [4.69, 9.17) is 5.73 Å². The zero-order chi connectivity index (χ0) is 14.8. The number of hydrogen-bond donors (Lipinski definition) is 1. The molecule has 0 aliphatic carbocycles. The van der Waals surface area contributed by atoms with Gasteiger partial charge >= 0.3 is 5.97 Å². The van der Waals surface area contributed by atoms with Crippen LogP contribution in [0.1, 0.15) is 16.1 Å².